The van der Waals surface area contributed by atoms with E-state index in [1.165, 1.54) is 0 Å². The summed E-state index contributed by atoms with van der Waals surface area (Å²) < 4.78 is 0. The van der Waals surface area contributed by atoms with Crippen molar-refractivity contribution in [1.82, 2.24) is 10.2 Å². The van der Waals surface area contributed by atoms with Gasteiger partial charge in [0, 0.05) is 0 Å². The first-order chi connectivity index (χ1) is 7.47. The van der Waals surface area contributed by atoms with Crippen LogP contribution in [0.5, 0.6) is 0 Å². The van der Waals surface area contributed by atoms with E-state index in [0.717, 1.165) is 4.90 Å². The largest absolute Gasteiger partial charge is 0.480 e. The summed E-state index contributed by atoms with van der Waals surface area (Å²) in [6.07, 6.45) is 0. The van der Waals surface area contributed by atoms with Gasteiger partial charge < -0.3 is 21.1 Å². The number of rotatable bonds is 5. The molecule has 0 saturated heterocycles. The van der Waals surface area contributed by atoms with Crippen molar-refractivity contribution in [2.75, 3.05) is 19.6 Å². The molecule has 0 aromatic heterocycles. The van der Waals surface area contributed by atoms with Crippen LogP contribution in [0.3, 0.4) is 0 Å². The number of primary amides is 1. The smallest absolute Gasteiger partial charge is 0.323 e. The minimum absolute atomic E-state index is 0.0875. The van der Waals surface area contributed by atoms with Gasteiger partial charge in [-0.3, -0.25) is 9.59 Å². The molecular formula is C9H13N3O4. The number of carbonyl (C=O) groups is 3. The highest BCUT2D eigenvalue weighted by Crippen LogP contribution is 1.89. The zero-order valence-electron chi connectivity index (χ0n) is 8.82. The molecule has 0 aliphatic rings. The maximum Gasteiger partial charge on any atom is 0.323 e. The summed E-state index contributed by atoms with van der Waals surface area (Å²) in [7, 11) is 0. The Hall–Kier alpha value is -2.23. The third kappa shape index (κ3) is 6.26. The average molecular weight is 227 g/mol. The van der Waals surface area contributed by atoms with Crippen molar-refractivity contribution in [1.29, 1.82) is 0 Å². The fourth-order valence-electron chi connectivity index (χ4n) is 0.871. The predicted molar refractivity (Wildman–Crippen MR) is 55.3 cm³/mol. The van der Waals surface area contributed by atoms with Gasteiger partial charge in [-0.05, 0) is 6.92 Å². The highest BCUT2D eigenvalue weighted by Gasteiger charge is 2.17. The van der Waals surface area contributed by atoms with Crippen molar-refractivity contribution < 1.29 is 19.5 Å². The molecule has 0 atom stereocenters. The van der Waals surface area contributed by atoms with E-state index in [4.69, 9.17) is 10.8 Å². The normalized spacial score (nSPS) is 8.56. The molecule has 16 heavy (non-hydrogen) atoms. The standard InChI is InChI=1S/C9H13N3O4/c1-2-3-4-11-9(16)12(5-7(10)13)6-8(14)15/h4-6H2,1H3,(H2,10,13)(H,11,16)(H,14,15). The van der Waals surface area contributed by atoms with Crippen LogP contribution in [0, 0.1) is 11.8 Å². The number of aliphatic carboxylic acids is 1. The third-order valence-electron chi connectivity index (χ3n) is 1.46. The summed E-state index contributed by atoms with van der Waals surface area (Å²) >= 11 is 0. The summed E-state index contributed by atoms with van der Waals surface area (Å²) in [5.74, 6) is 3.12. The molecule has 0 rings (SSSR count). The fraction of sp³-hybridized carbons (Fsp3) is 0.444. The number of urea groups is 1. The molecule has 7 heteroatoms. The Labute approximate surface area is 92.6 Å². The summed E-state index contributed by atoms with van der Waals surface area (Å²) in [5.41, 5.74) is 4.88. The second kappa shape index (κ2) is 7.11. The molecule has 0 aliphatic heterocycles. The fourth-order valence-corrected chi connectivity index (χ4v) is 0.871. The van der Waals surface area contributed by atoms with Crippen LogP contribution in [0.15, 0.2) is 0 Å². The highest BCUT2D eigenvalue weighted by atomic mass is 16.4. The third-order valence-corrected chi connectivity index (χ3v) is 1.46. The highest BCUT2D eigenvalue weighted by molar-refractivity contribution is 5.85. The van der Waals surface area contributed by atoms with Crippen molar-refractivity contribution in [3.8, 4) is 11.8 Å². The Morgan fingerprint density at radius 3 is 2.44 bits per heavy atom. The van der Waals surface area contributed by atoms with E-state index >= 15 is 0 Å². The Balaban J connectivity index is 4.34. The van der Waals surface area contributed by atoms with Crippen LogP contribution in [-0.4, -0.2) is 47.5 Å². The lowest BCUT2D eigenvalue weighted by Crippen LogP contribution is -2.46. The predicted octanol–water partition coefficient (Wildman–Crippen LogP) is -1.41. The molecule has 3 amide bonds. The van der Waals surface area contributed by atoms with Crippen molar-refractivity contribution in [2.45, 2.75) is 6.92 Å². The Bertz CT molecular complexity index is 326. The van der Waals surface area contributed by atoms with Crippen LogP contribution in [0.4, 0.5) is 4.79 Å². The van der Waals surface area contributed by atoms with Gasteiger partial charge in [0.25, 0.3) is 0 Å². The summed E-state index contributed by atoms with van der Waals surface area (Å²) in [5, 5.41) is 10.9. The lowest BCUT2D eigenvalue weighted by atomic mass is 10.4. The van der Waals surface area contributed by atoms with Gasteiger partial charge in [0.2, 0.25) is 5.91 Å². The lowest BCUT2D eigenvalue weighted by Gasteiger charge is -2.18. The first-order valence-corrected chi connectivity index (χ1v) is 4.39. The quantitative estimate of drug-likeness (QED) is 0.501. The number of amides is 3. The zero-order chi connectivity index (χ0) is 12.6. The van der Waals surface area contributed by atoms with E-state index in [2.05, 4.69) is 17.2 Å². The number of hydrogen-bond donors (Lipinski definition) is 3. The summed E-state index contributed by atoms with van der Waals surface area (Å²) in [6.45, 7) is 0.654. The molecule has 0 aliphatic carbocycles. The van der Waals surface area contributed by atoms with Gasteiger partial charge in [0.15, 0.2) is 0 Å². The van der Waals surface area contributed by atoms with Gasteiger partial charge >= 0.3 is 12.0 Å². The Kier molecular flexibility index (Phi) is 6.12. The van der Waals surface area contributed by atoms with Crippen molar-refractivity contribution in [3.05, 3.63) is 0 Å². The lowest BCUT2D eigenvalue weighted by molar-refractivity contribution is -0.137. The molecule has 7 nitrogen and oxygen atoms in total. The molecule has 0 bridgehead atoms. The first-order valence-electron chi connectivity index (χ1n) is 4.39. The van der Waals surface area contributed by atoms with Crippen molar-refractivity contribution in [2.24, 2.45) is 5.73 Å². The number of carbonyl (C=O) groups excluding carboxylic acids is 2. The van der Waals surface area contributed by atoms with Gasteiger partial charge in [-0.2, -0.15) is 0 Å². The molecule has 0 saturated carbocycles. The zero-order valence-corrected chi connectivity index (χ0v) is 8.82. The molecule has 0 aromatic rings. The second-order valence-electron chi connectivity index (χ2n) is 2.80. The molecule has 0 radical (unpaired) electrons. The second-order valence-corrected chi connectivity index (χ2v) is 2.80. The first kappa shape index (κ1) is 13.8. The van der Waals surface area contributed by atoms with Gasteiger partial charge in [-0.15, -0.1) is 5.92 Å². The summed E-state index contributed by atoms with van der Waals surface area (Å²) in [6, 6.07) is -0.691. The molecular weight excluding hydrogens is 214 g/mol. The maximum atomic E-state index is 11.4. The van der Waals surface area contributed by atoms with Crippen LogP contribution >= 0.6 is 0 Å². The van der Waals surface area contributed by atoms with E-state index in [9.17, 15) is 14.4 Å². The van der Waals surface area contributed by atoms with Crippen molar-refractivity contribution in [3.63, 3.8) is 0 Å². The van der Waals surface area contributed by atoms with E-state index < -0.39 is 31.0 Å². The molecule has 0 aromatic carbocycles. The number of hydrogen-bond acceptors (Lipinski definition) is 3. The number of carboxylic acids is 1. The van der Waals surface area contributed by atoms with Gasteiger partial charge in [0.05, 0.1) is 6.54 Å². The summed E-state index contributed by atoms with van der Waals surface area (Å²) in [4.78, 5) is 33.2. The molecule has 0 spiro atoms. The Morgan fingerprint density at radius 1 is 1.38 bits per heavy atom. The van der Waals surface area contributed by atoms with Crippen molar-refractivity contribution >= 4 is 17.9 Å². The Morgan fingerprint density at radius 2 is 2.00 bits per heavy atom. The number of nitrogens with one attached hydrogen (secondary N) is 1. The molecule has 0 unspecified atom stereocenters. The van der Waals surface area contributed by atoms with Gasteiger partial charge in [-0.1, -0.05) is 5.92 Å². The molecule has 0 fully saturated rings. The number of nitrogens with two attached hydrogens (primary N) is 1. The monoisotopic (exact) mass is 227 g/mol. The van der Waals surface area contributed by atoms with Gasteiger partial charge in [0.1, 0.15) is 13.1 Å². The van der Waals surface area contributed by atoms with E-state index in [1.54, 1.807) is 6.92 Å². The van der Waals surface area contributed by atoms with E-state index in [-0.39, 0.29) is 6.54 Å². The molecule has 88 valence electrons. The number of nitrogens with zero attached hydrogens (tertiary/aromatic N) is 1. The van der Waals surface area contributed by atoms with E-state index in [0.29, 0.717) is 0 Å². The van der Waals surface area contributed by atoms with Crippen LogP contribution < -0.4 is 11.1 Å². The average Bonchev–Trinajstić information content (AvgIpc) is 2.15. The minimum Gasteiger partial charge on any atom is -0.480 e. The number of carboxylic acid groups (broad SMARTS) is 1. The minimum atomic E-state index is -1.22. The van der Waals surface area contributed by atoms with Crippen LogP contribution in [0.1, 0.15) is 6.92 Å². The van der Waals surface area contributed by atoms with E-state index in [1.807, 2.05) is 0 Å². The van der Waals surface area contributed by atoms with Crippen LogP contribution in [0.2, 0.25) is 0 Å². The van der Waals surface area contributed by atoms with Crippen LogP contribution in [-0.2, 0) is 9.59 Å². The maximum absolute atomic E-state index is 11.4. The van der Waals surface area contributed by atoms with Gasteiger partial charge in [-0.25, -0.2) is 4.79 Å². The topological polar surface area (TPSA) is 113 Å². The molecule has 4 N–H and O–H groups in total. The SMILES string of the molecule is CC#CCNC(=O)N(CC(N)=O)CC(=O)O. The molecule has 0 heterocycles. The van der Waals surface area contributed by atoms with Crippen LogP contribution in [0.25, 0.3) is 0 Å².